The maximum Gasteiger partial charge on any atom is 0.407 e. The van der Waals surface area contributed by atoms with E-state index in [4.69, 9.17) is 5.11 Å². The summed E-state index contributed by atoms with van der Waals surface area (Å²) in [5, 5.41) is 22.4. The van der Waals surface area contributed by atoms with Crippen molar-refractivity contribution in [3.63, 3.8) is 0 Å². The van der Waals surface area contributed by atoms with Crippen LogP contribution >= 0.6 is 0 Å². The third kappa shape index (κ3) is 5.03. The Morgan fingerprint density at radius 2 is 1.80 bits per heavy atom. The van der Waals surface area contributed by atoms with E-state index in [0.29, 0.717) is 12.8 Å². The summed E-state index contributed by atoms with van der Waals surface area (Å²) in [5.74, 6) is -0.487. The monoisotopic (exact) mass is 348 g/mol. The summed E-state index contributed by atoms with van der Waals surface area (Å²) >= 11 is 0. The van der Waals surface area contributed by atoms with Crippen molar-refractivity contribution in [3.05, 3.63) is 35.9 Å². The van der Waals surface area contributed by atoms with Gasteiger partial charge in [0, 0.05) is 32.4 Å². The second kappa shape index (κ2) is 8.11. The first-order chi connectivity index (χ1) is 11.8. The Hall–Kier alpha value is -2.41. The molecule has 1 fully saturated rings. The van der Waals surface area contributed by atoms with Gasteiger partial charge < -0.3 is 25.2 Å². The molecular weight excluding hydrogens is 324 g/mol. The minimum Gasteiger partial charge on any atom is -0.465 e. The first-order valence-corrected chi connectivity index (χ1v) is 8.37. The minimum absolute atomic E-state index is 0.0312. The lowest BCUT2D eigenvalue weighted by atomic mass is 9.89. The summed E-state index contributed by atoms with van der Waals surface area (Å²) in [6.07, 6.45) is -0.169. The zero-order valence-corrected chi connectivity index (χ0v) is 14.3. The Kier molecular flexibility index (Phi) is 6.14. The summed E-state index contributed by atoms with van der Waals surface area (Å²) < 4.78 is 0. The van der Waals surface area contributed by atoms with Gasteiger partial charge in [-0.3, -0.25) is 4.79 Å². The van der Waals surface area contributed by atoms with E-state index < -0.39 is 17.6 Å². The van der Waals surface area contributed by atoms with Crippen LogP contribution in [0.5, 0.6) is 0 Å². The van der Waals surface area contributed by atoms with Crippen molar-refractivity contribution in [1.82, 2.24) is 10.2 Å². The Morgan fingerprint density at radius 3 is 2.32 bits per heavy atom. The Labute approximate surface area is 146 Å². The number of ketones is 1. The predicted octanol–water partition coefficient (Wildman–Crippen LogP) is 1.72. The summed E-state index contributed by atoms with van der Waals surface area (Å²) in [6, 6.07) is 8.91. The summed E-state index contributed by atoms with van der Waals surface area (Å²) in [7, 11) is 0. The number of aliphatic hydroxyl groups is 1. The first-order valence-electron chi connectivity index (χ1n) is 8.37. The number of rotatable bonds is 6. The van der Waals surface area contributed by atoms with Gasteiger partial charge in [-0.2, -0.15) is 0 Å². The standard InChI is InChI=1S/C18H24N2O5/c1-13(21)7-8-15(14-5-3-2-4-6-14)19-16(22)18(25)9-11-20(12-10-18)17(23)24/h2-6,15,25H,7-12H2,1H3,(H,19,22)(H,23,24)/t15-/m0/s1. The highest BCUT2D eigenvalue weighted by Gasteiger charge is 2.41. The van der Waals surface area contributed by atoms with Crippen LogP contribution in [0.15, 0.2) is 30.3 Å². The number of carbonyl (C=O) groups is 3. The van der Waals surface area contributed by atoms with Crippen LogP contribution in [0.2, 0.25) is 0 Å². The Balaban J connectivity index is 2.06. The molecule has 0 bridgehead atoms. The van der Waals surface area contributed by atoms with Crippen LogP contribution in [0, 0.1) is 0 Å². The van der Waals surface area contributed by atoms with E-state index in [2.05, 4.69) is 5.32 Å². The Bertz CT molecular complexity index is 624. The van der Waals surface area contributed by atoms with E-state index in [1.807, 2.05) is 30.3 Å². The van der Waals surface area contributed by atoms with Crippen LogP contribution in [-0.2, 0) is 9.59 Å². The lowest BCUT2D eigenvalue weighted by Gasteiger charge is -2.36. The van der Waals surface area contributed by atoms with Gasteiger partial charge in [0.1, 0.15) is 11.4 Å². The number of piperidine rings is 1. The number of carboxylic acid groups (broad SMARTS) is 1. The zero-order valence-electron chi connectivity index (χ0n) is 14.3. The van der Waals surface area contributed by atoms with Crippen LogP contribution in [0.25, 0.3) is 0 Å². The van der Waals surface area contributed by atoms with Gasteiger partial charge in [-0.15, -0.1) is 0 Å². The molecule has 0 radical (unpaired) electrons. The number of amides is 2. The third-order valence-electron chi connectivity index (χ3n) is 4.58. The van der Waals surface area contributed by atoms with E-state index >= 15 is 0 Å². The molecule has 7 heteroatoms. The van der Waals surface area contributed by atoms with Gasteiger partial charge in [0.2, 0.25) is 0 Å². The van der Waals surface area contributed by atoms with Gasteiger partial charge >= 0.3 is 6.09 Å². The fourth-order valence-electron chi connectivity index (χ4n) is 2.94. The molecule has 7 nitrogen and oxygen atoms in total. The van der Waals surface area contributed by atoms with E-state index in [-0.39, 0.29) is 37.8 Å². The van der Waals surface area contributed by atoms with E-state index in [9.17, 15) is 19.5 Å². The van der Waals surface area contributed by atoms with Gasteiger partial charge in [0.15, 0.2) is 0 Å². The maximum atomic E-state index is 12.6. The fourth-order valence-corrected chi connectivity index (χ4v) is 2.94. The smallest absolute Gasteiger partial charge is 0.407 e. The molecule has 0 unspecified atom stereocenters. The normalized spacial score (nSPS) is 17.6. The van der Waals surface area contributed by atoms with Crippen LogP contribution in [-0.4, -0.2) is 51.6 Å². The molecule has 0 aliphatic carbocycles. The summed E-state index contributed by atoms with van der Waals surface area (Å²) in [4.78, 5) is 36.1. The number of nitrogens with one attached hydrogen (secondary N) is 1. The van der Waals surface area contributed by atoms with Crippen molar-refractivity contribution in [1.29, 1.82) is 0 Å². The number of carbonyl (C=O) groups excluding carboxylic acids is 2. The van der Waals surface area contributed by atoms with Crippen LogP contribution in [0.1, 0.15) is 44.2 Å². The van der Waals surface area contributed by atoms with Crippen molar-refractivity contribution >= 4 is 17.8 Å². The molecule has 1 aliphatic rings. The lowest BCUT2D eigenvalue weighted by molar-refractivity contribution is -0.145. The average Bonchev–Trinajstić information content (AvgIpc) is 2.59. The second-order valence-electron chi connectivity index (χ2n) is 6.48. The van der Waals surface area contributed by atoms with Gasteiger partial charge in [-0.05, 0) is 18.9 Å². The van der Waals surface area contributed by atoms with Crippen LogP contribution in [0.3, 0.4) is 0 Å². The fraction of sp³-hybridized carbons (Fsp3) is 0.500. The highest BCUT2D eigenvalue weighted by Crippen LogP contribution is 2.25. The molecular formula is C18H24N2O5. The number of hydrogen-bond acceptors (Lipinski definition) is 4. The molecule has 3 N–H and O–H groups in total. The summed E-state index contributed by atoms with van der Waals surface area (Å²) in [6.45, 7) is 1.73. The molecule has 0 spiro atoms. The molecule has 1 aromatic rings. The molecule has 0 saturated carbocycles. The van der Waals surface area contributed by atoms with Crippen molar-refractivity contribution in [2.24, 2.45) is 0 Å². The van der Waals surface area contributed by atoms with Crippen molar-refractivity contribution in [3.8, 4) is 0 Å². The number of nitrogens with zero attached hydrogens (tertiary/aromatic N) is 1. The minimum atomic E-state index is -1.59. The number of likely N-dealkylation sites (tertiary alicyclic amines) is 1. The highest BCUT2D eigenvalue weighted by atomic mass is 16.4. The van der Waals surface area contributed by atoms with Crippen molar-refractivity contribution in [2.45, 2.75) is 44.2 Å². The molecule has 136 valence electrons. The van der Waals surface area contributed by atoms with Crippen LogP contribution in [0.4, 0.5) is 4.79 Å². The number of hydrogen-bond donors (Lipinski definition) is 3. The SMILES string of the molecule is CC(=O)CC[C@H](NC(=O)C1(O)CCN(C(=O)O)CC1)c1ccccc1. The van der Waals surface area contributed by atoms with Gasteiger partial charge in [-0.1, -0.05) is 30.3 Å². The molecule has 25 heavy (non-hydrogen) atoms. The molecule has 2 amide bonds. The summed E-state index contributed by atoms with van der Waals surface area (Å²) in [5.41, 5.74) is -0.724. The maximum absolute atomic E-state index is 12.6. The third-order valence-corrected chi connectivity index (χ3v) is 4.58. The van der Waals surface area contributed by atoms with E-state index in [1.165, 1.54) is 11.8 Å². The largest absolute Gasteiger partial charge is 0.465 e. The van der Waals surface area contributed by atoms with E-state index in [0.717, 1.165) is 5.56 Å². The highest BCUT2D eigenvalue weighted by molar-refractivity contribution is 5.85. The topological polar surface area (TPSA) is 107 Å². The molecule has 1 saturated heterocycles. The number of benzene rings is 1. The first kappa shape index (κ1) is 18.9. The van der Waals surface area contributed by atoms with Gasteiger partial charge in [0.25, 0.3) is 5.91 Å². The predicted molar refractivity (Wildman–Crippen MR) is 91.0 cm³/mol. The molecule has 2 rings (SSSR count). The van der Waals surface area contributed by atoms with E-state index in [1.54, 1.807) is 0 Å². The van der Waals surface area contributed by atoms with Crippen molar-refractivity contribution in [2.75, 3.05) is 13.1 Å². The van der Waals surface area contributed by atoms with Crippen LogP contribution < -0.4 is 5.32 Å². The molecule has 1 heterocycles. The lowest BCUT2D eigenvalue weighted by Crippen LogP contribution is -2.55. The average molecular weight is 348 g/mol. The molecule has 1 atom stereocenters. The molecule has 0 aromatic heterocycles. The zero-order chi connectivity index (χ0) is 18.4. The molecule has 1 aliphatic heterocycles. The quantitative estimate of drug-likeness (QED) is 0.726. The Morgan fingerprint density at radius 1 is 1.20 bits per heavy atom. The van der Waals surface area contributed by atoms with Gasteiger partial charge in [-0.25, -0.2) is 4.79 Å². The second-order valence-corrected chi connectivity index (χ2v) is 6.48. The van der Waals surface area contributed by atoms with Crippen molar-refractivity contribution < 1.29 is 24.6 Å². The number of Topliss-reactive ketones (excluding diaryl/α,β-unsaturated/α-hetero) is 1. The molecule has 1 aromatic carbocycles. The van der Waals surface area contributed by atoms with Gasteiger partial charge in [0.05, 0.1) is 6.04 Å².